The number of rotatable bonds is 2. The molecule has 0 amide bonds. The van der Waals surface area contributed by atoms with Crippen molar-refractivity contribution < 1.29 is 0 Å². The molecule has 0 bridgehead atoms. The van der Waals surface area contributed by atoms with Gasteiger partial charge in [-0.05, 0) is 43.5 Å². The number of aryl methyl sites for hydroxylation is 1. The maximum atomic E-state index is 5.89. The van der Waals surface area contributed by atoms with Crippen molar-refractivity contribution in [2.45, 2.75) is 26.3 Å². The Bertz CT molecular complexity index is 248. The lowest BCUT2D eigenvalue weighted by molar-refractivity contribution is 0.738. The van der Waals surface area contributed by atoms with Crippen LogP contribution in [0.1, 0.15) is 18.1 Å². The molecule has 1 aromatic rings. The van der Waals surface area contributed by atoms with Crippen LogP contribution in [0.3, 0.4) is 0 Å². The van der Waals surface area contributed by atoms with Crippen molar-refractivity contribution in [2.24, 2.45) is 5.73 Å². The van der Waals surface area contributed by atoms with Crippen LogP contribution in [-0.4, -0.2) is 6.04 Å². The van der Waals surface area contributed by atoms with Gasteiger partial charge >= 0.3 is 0 Å². The van der Waals surface area contributed by atoms with E-state index in [1.165, 1.54) is 11.1 Å². The molecular weight excluding hydrogens is 170 g/mol. The summed E-state index contributed by atoms with van der Waals surface area (Å²) < 4.78 is 0. The van der Waals surface area contributed by atoms with E-state index in [0.717, 1.165) is 11.4 Å². The molecule has 0 saturated carbocycles. The van der Waals surface area contributed by atoms with Crippen molar-refractivity contribution in [3.8, 4) is 0 Å². The lowest BCUT2D eigenvalue weighted by Crippen LogP contribution is -2.17. The average molecular weight is 184 g/mol. The van der Waals surface area contributed by atoms with Crippen LogP contribution >= 0.6 is 11.6 Å². The highest BCUT2D eigenvalue weighted by Crippen LogP contribution is 2.15. The number of nitrogens with two attached hydrogens (primary N) is 1. The van der Waals surface area contributed by atoms with E-state index in [-0.39, 0.29) is 6.04 Å². The smallest absolute Gasteiger partial charge is 0.0411 e. The molecule has 1 aromatic carbocycles. The molecule has 2 heteroatoms. The van der Waals surface area contributed by atoms with E-state index in [2.05, 4.69) is 6.07 Å². The molecule has 0 fully saturated rings. The van der Waals surface area contributed by atoms with E-state index in [0.29, 0.717) is 0 Å². The Morgan fingerprint density at radius 2 is 2.08 bits per heavy atom. The Labute approximate surface area is 78.5 Å². The number of hydrogen-bond acceptors (Lipinski definition) is 1. The molecule has 1 nitrogen and oxygen atoms in total. The summed E-state index contributed by atoms with van der Waals surface area (Å²) >= 11 is 5.89. The Kier molecular flexibility index (Phi) is 3.12. The van der Waals surface area contributed by atoms with Gasteiger partial charge < -0.3 is 5.73 Å². The van der Waals surface area contributed by atoms with Gasteiger partial charge in [-0.15, -0.1) is 0 Å². The highest BCUT2D eigenvalue weighted by atomic mass is 35.5. The third-order valence-electron chi connectivity index (χ3n) is 1.66. The van der Waals surface area contributed by atoms with Gasteiger partial charge in [0.05, 0.1) is 0 Å². The first-order chi connectivity index (χ1) is 5.58. The molecule has 0 aliphatic carbocycles. The van der Waals surface area contributed by atoms with Gasteiger partial charge in [0.25, 0.3) is 0 Å². The van der Waals surface area contributed by atoms with Crippen molar-refractivity contribution in [1.29, 1.82) is 0 Å². The largest absolute Gasteiger partial charge is 0.328 e. The van der Waals surface area contributed by atoms with Crippen LogP contribution in [0.5, 0.6) is 0 Å². The molecule has 0 radical (unpaired) electrons. The van der Waals surface area contributed by atoms with Gasteiger partial charge in [-0.3, -0.25) is 0 Å². The molecular formula is C10H14ClN. The van der Waals surface area contributed by atoms with Crippen molar-refractivity contribution in [1.82, 2.24) is 0 Å². The molecule has 66 valence electrons. The standard InChI is InChI=1S/C10H14ClN/c1-7-3-9(5-8(2)12)6-10(11)4-7/h3-4,6,8H,5,12H2,1-2H3/t8-/m0/s1. The van der Waals surface area contributed by atoms with Gasteiger partial charge in [0, 0.05) is 11.1 Å². The van der Waals surface area contributed by atoms with Gasteiger partial charge in [0.1, 0.15) is 0 Å². The van der Waals surface area contributed by atoms with Crippen LogP contribution in [0.25, 0.3) is 0 Å². The summed E-state index contributed by atoms with van der Waals surface area (Å²) in [4.78, 5) is 0. The van der Waals surface area contributed by atoms with E-state index in [1.54, 1.807) is 0 Å². The Balaban J connectivity index is 2.85. The minimum absolute atomic E-state index is 0.197. The summed E-state index contributed by atoms with van der Waals surface area (Å²) in [7, 11) is 0. The van der Waals surface area contributed by atoms with E-state index in [1.807, 2.05) is 26.0 Å². The summed E-state index contributed by atoms with van der Waals surface area (Å²) in [6.45, 7) is 4.03. The predicted octanol–water partition coefficient (Wildman–Crippen LogP) is 2.54. The summed E-state index contributed by atoms with van der Waals surface area (Å²) in [5, 5.41) is 0.797. The maximum absolute atomic E-state index is 5.89. The van der Waals surface area contributed by atoms with Crippen molar-refractivity contribution in [3.05, 3.63) is 34.3 Å². The Hall–Kier alpha value is -0.530. The van der Waals surface area contributed by atoms with E-state index >= 15 is 0 Å². The second kappa shape index (κ2) is 3.92. The van der Waals surface area contributed by atoms with Crippen LogP contribution in [0.2, 0.25) is 5.02 Å². The molecule has 0 aliphatic rings. The van der Waals surface area contributed by atoms with Gasteiger partial charge in [0.2, 0.25) is 0 Å². The van der Waals surface area contributed by atoms with Crippen molar-refractivity contribution in [2.75, 3.05) is 0 Å². The highest BCUT2D eigenvalue weighted by Gasteiger charge is 1.99. The van der Waals surface area contributed by atoms with E-state index in [9.17, 15) is 0 Å². The third kappa shape index (κ3) is 2.84. The Morgan fingerprint density at radius 3 is 2.58 bits per heavy atom. The fourth-order valence-electron chi connectivity index (χ4n) is 1.30. The molecule has 0 spiro atoms. The zero-order valence-corrected chi connectivity index (χ0v) is 8.23. The molecule has 0 saturated heterocycles. The second-order valence-corrected chi connectivity index (χ2v) is 3.75. The molecule has 0 unspecified atom stereocenters. The quantitative estimate of drug-likeness (QED) is 0.750. The molecule has 0 aromatic heterocycles. The number of benzene rings is 1. The lowest BCUT2D eigenvalue weighted by atomic mass is 10.1. The van der Waals surface area contributed by atoms with Crippen LogP contribution < -0.4 is 5.73 Å². The van der Waals surface area contributed by atoms with Gasteiger partial charge in [-0.2, -0.15) is 0 Å². The SMILES string of the molecule is Cc1cc(Cl)cc(C[C@H](C)N)c1. The van der Waals surface area contributed by atoms with Gasteiger partial charge in [-0.1, -0.05) is 17.7 Å². The summed E-state index contributed by atoms with van der Waals surface area (Å²) in [6.07, 6.45) is 0.890. The zero-order valence-electron chi connectivity index (χ0n) is 7.47. The topological polar surface area (TPSA) is 26.0 Å². The van der Waals surface area contributed by atoms with Crippen molar-refractivity contribution >= 4 is 11.6 Å². The van der Waals surface area contributed by atoms with Crippen LogP contribution in [0.15, 0.2) is 18.2 Å². The highest BCUT2D eigenvalue weighted by molar-refractivity contribution is 6.30. The normalized spacial score (nSPS) is 13.0. The van der Waals surface area contributed by atoms with Crippen molar-refractivity contribution in [3.63, 3.8) is 0 Å². The summed E-state index contributed by atoms with van der Waals surface area (Å²) in [5.41, 5.74) is 8.09. The Morgan fingerprint density at radius 1 is 1.42 bits per heavy atom. The third-order valence-corrected chi connectivity index (χ3v) is 1.88. The molecule has 12 heavy (non-hydrogen) atoms. The molecule has 0 heterocycles. The van der Waals surface area contributed by atoms with Crippen LogP contribution in [0, 0.1) is 6.92 Å². The van der Waals surface area contributed by atoms with Crippen LogP contribution in [0.4, 0.5) is 0 Å². The lowest BCUT2D eigenvalue weighted by Gasteiger charge is -2.06. The van der Waals surface area contributed by atoms with Gasteiger partial charge in [-0.25, -0.2) is 0 Å². The first kappa shape index (κ1) is 9.56. The number of hydrogen-bond donors (Lipinski definition) is 1. The van der Waals surface area contributed by atoms with E-state index in [4.69, 9.17) is 17.3 Å². The van der Waals surface area contributed by atoms with E-state index < -0.39 is 0 Å². The minimum Gasteiger partial charge on any atom is -0.328 e. The molecule has 2 N–H and O–H groups in total. The maximum Gasteiger partial charge on any atom is 0.0411 e. The summed E-state index contributed by atoms with van der Waals surface area (Å²) in [5.74, 6) is 0. The minimum atomic E-state index is 0.197. The first-order valence-corrected chi connectivity index (χ1v) is 4.47. The van der Waals surface area contributed by atoms with Gasteiger partial charge in [0.15, 0.2) is 0 Å². The predicted molar refractivity (Wildman–Crippen MR) is 53.5 cm³/mol. The monoisotopic (exact) mass is 183 g/mol. The molecule has 1 rings (SSSR count). The molecule has 1 atom stereocenters. The fourth-order valence-corrected chi connectivity index (χ4v) is 1.61. The average Bonchev–Trinajstić information content (AvgIpc) is 1.81. The molecule has 0 aliphatic heterocycles. The fraction of sp³-hybridized carbons (Fsp3) is 0.400. The zero-order chi connectivity index (χ0) is 9.14. The number of halogens is 1. The van der Waals surface area contributed by atoms with Crippen LogP contribution in [-0.2, 0) is 6.42 Å². The second-order valence-electron chi connectivity index (χ2n) is 3.32. The summed E-state index contributed by atoms with van der Waals surface area (Å²) in [6, 6.07) is 6.24. The first-order valence-electron chi connectivity index (χ1n) is 4.09.